The van der Waals surface area contributed by atoms with Crippen LogP contribution in [0.5, 0.6) is 0 Å². The predicted octanol–water partition coefficient (Wildman–Crippen LogP) is 8.25. The highest BCUT2D eigenvalue weighted by Crippen LogP contribution is 2.77. The number of aliphatic carboxylic acids is 1. The first-order chi connectivity index (χ1) is 22.0. The molecule has 1 aromatic carbocycles. The highest BCUT2D eigenvalue weighted by Gasteiger charge is 2.71. The van der Waals surface area contributed by atoms with Gasteiger partial charge in [0.05, 0.1) is 11.0 Å². The largest absolute Gasteiger partial charge is 0.481 e. The van der Waals surface area contributed by atoms with E-state index in [1.807, 2.05) is 12.1 Å². The molecule has 0 spiro atoms. The van der Waals surface area contributed by atoms with Crippen LogP contribution in [0, 0.1) is 56.7 Å². The molecule has 9 atom stereocenters. The van der Waals surface area contributed by atoms with Gasteiger partial charge in [-0.3, -0.25) is 4.79 Å². The summed E-state index contributed by atoms with van der Waals surface area (Å²) in [6, 6.07) is 7.49. The van der Waals surface area contributed by atoms with Crippen molar-refractivity contribution in [1.29, 1.82) is 0 Å². The van der Waals surface area contributed by atoms with Crippen molar-refractivity contribution in [3.8, 4) is 0 Å². The number of allylic oxidation sites excluding steroid dienone is 2. The van der Waals surface area contributed by atoms with Gasteiger partial charge in [-0.1, -0.05) is 65.0 Å². The summed E-state index contributed by atoms with van der Waals surface area (Å²) in [4.78, 5) is 26.9. The van der Waals surface area contributed by atoms with Crippen molar-refractivity contribution in [2.75, 3.05) is 33.7 Å². The molecule has 4 saturated carbocycles. The Balaban J connectivity index is 1.30. The highest BCUT2D eigenvalue weighted by molar-refractivity contribution is 5.88. The van der Waals surface area contributed by atoms with Gasteiger partial charge >= 0.3 is 11.9 Å². The maximum atomic E-state index is 13.2. The quantitative estimate of drug-likeness (QED) is 0.185. The second kappa shape index (κ2) is 11.9. The lowest BCUT2D eigenvalue weighted by molar-refractivity contribution is -0.227. The lowest BCUT2D eigenvalue weighted by Gasteiger charge is -2.72. The Morgan fingerprint density at radius 1 is 0.894 bits per heavy atom. The van der Waals surface area contributed by atoms with Crippen molar-refractivity contribution >= 4 is 17.5 Å². The fourth-order valence-electron chi connectivity index (χ4n) is 13.0. The molecule has 0 radical (unpaired) electrons. The van der Waals surface area contributed by atoms with Gasteiger partial charge in [0, 0.05) is 19.6 Å². The van der Waals surface area contributed by atoms with Gasteiger partial charge < -0.3 is 20.4 Å². The lowest BCUT2D eigenvalue weighted by atomic mass is 9.32. The van der Waals surface area contributed by atoms with Crippen LogP contribution in [0.15, 0.2) is 42.5 Å². The highest BCUT2D eigenvalue weighted by atomic mass is 16.4. The zero-order valence-corrected chi connectivity index (χ0v) is 30.1. The number of hydrogen-bond donors (Lipinski definition) is 3. The van der Waals surface area contributed by atoms with Crippen LogP contribution < -0.4 is 5.32 Å². The smallest absolute Gasteiger partial charge is 0.335 e. The molecule has 0 amide bonds. The van der Waals surface area contributed by atoms with Gasteiger partial charge in [-0.05, 0) is 146 Å². The van der Waals surface area contributed by atoms with Crippen LogP contribution in [-0.2, 0) is 4.79 Å². The van der Waals surface area contributed by atoms with E-state index in [9.17, 15) is 19.8 Å². The van der Waals surface area contributed by atoms with Gasteiger partial charge in [-0.2, -0.15) is 0 Å². The fourth-order valence-corrected chi connectivity index (χ4v) is 13.0. The average Bonchev–Trinajstić information content (AvgIpc) is 3.41. The van der Waals surface area contributed by atoms with Crippen LogP contribution in [0.1, 0.15) is 108 Å². The molecule has 0 saturated heterocycles. The average molecular weight is 645 g/mol. The summed E-state index contributed by atoms with van der Waals surface area (Å²) < 4.78 is 0. The molecule has 0 heterocycles. The van der Waals surface area contributed by atoms with Crippen LogP contribution in [0.4, 0.5) is 0 Å². The van der Waals surface area contributed by atoms with E-state index in [1.54, 1.807) is 12.1 Å². The topological polar surface area (TPSA) is 89.9 Å². The summed E-state index contributed by atoms with van der Waals surface area (Å²) in [7, 11) is 4.18. The van der Waals surface area contributed by atoms with Crippen LogP contribution in [0.25, 0.3) is 5.57 Å². The molecule has 6 nitrogen and oxygen atoms in total. The van der Waals surface area contributed by atoms with E-state index < -0.39 is 17.4 Å². The molecule has 5 aliphatic carbocycles. The molecule has 6 heteroatoms. The molecule has 9 unspecified atom stereocenters. The minimum absolute atomic E-state index is 0.0320. The van der Waals surface area contributed by atoms with Gasteiger partial charge in [0.2, 0.25) is 0 Å². The number of carbonyl (C=O) groups is 2. The summed E-state index contributed by atoms with van der Waals surface area (Å²) in [5, 5.41) is 23.9. The van der Waals surface area contributed by atoms with Crippen LogP contribution >= 0.6 is 0 Å². The van der Waals surface area contributed by atoms with E-state index in [1.165, 1.54) is 30.4 Å². The number of nitrogens with one attached hydrogen (secondary N) is 1. The molecule has 5 aliphatic rings. The number of carboxylic acid groups (broad SMARTS) is 2. The second-order valence-electron chi connectivity index (χ2n) is 17.9. The van der Waals surface area contributed by atoms with Crippen molar-refractivity contribution in [2.24, 2.45) is 56.7 Å². The minimum Gasteiger partial charge on any atom is -0.481 e. The summed E-state index contributed by atoms with van der Waals surface area (Å²) >= 11 is 0. The van der Waals surface area contributed by atoms with Crippen molar-refractivity contribution in [1.82, 2.24) is 10.2 Å². The molecular weight excluding hydrogens is 584 g/mol. The van der Waals surface area contributed by atoms with E-state index in [0.717, 1.165) is 63.7 Å². The Bertz CT molecular complexity index is 1450. The third kappa shape index (κ3) is 5.09. The monoisotopic (exact) mass is 644 g/mol. The van der Waals surface area contributed by atoms with Gasteiger partial charge in [0.1, 0.15) is 0 Å². The predicted molar refractivity (Wildman–Crippen MR) is 189 cm³/mol. The summed E-state index contributed by atoms with van der Waals surface area (Å²) in [6.45, 7) is 19.9. The molecule has 0 bridgehead atoms. The normalized spacial score (nSPS) is 40.4. The maximum absolute atomic E-state index is 13.2. The lowest BCUT2D eigenvalue weighted by Crippen LogP contribution is -2.66. The molecule has 4 fully saturated rings. The Hall–Kier alpha value is -2.44. The zero-order chi connectivity index (χ0) is 34.2. The van der Waals surface area contributed by atoms with E-state index in [0.29, 0.717) is 23.3 Å². The molecule has 1 aromatic rings. The Morgan fingerprint density at radius 2 is 1.60 bits per heavy atom. The molecule has 47 heavy (non-hydrogen) atoms. The van der Waals surface area contributed by atoms with Gasteiger partial charge in [-0.25, -0.2) is 4.79 Å². The number of nitrogens with zero attached hydrogens (tertiary/aromatic N) is 1. The van der Waals surface area contributed by atoms with E-state index in [-0.39, 0.29) is 33.5 Å². The minimum atomic E-state index is -0.884. The fraction of sp³-hybridized carbons (Fsp3) is 0.707. The summed E-state index contributed by atoms with van der Waals surface area (Å²) in [5.41, 5.74) is 3.80. The van der Waals surface area contributed by atoms with Crippen molar-refractivity contribution in [3.05, 3.63) is 53.6 Å². The SMILES string of the molecule is C=C(CNCCN(C)C)C1CCC2(C(=O)O)CCC3(C)C(CCC4C5(C)CC=C(c6ccc(C(=O)O)cc6)C(C)(C)C5CCC43C)C12. The summed E-state index contributed by atoms with van der Waals surface area (Å²) in [5.74, 6) is 0.483. The van der Waals surface area contributed by atoms with Crippen molar-refractivity contribution < 1.29 is 19.8 Å². The van der Waals surface area contributed by atoms with E-state index in [4.69, 9.17) is 0 Å². The Labute approximate surface area is 283 Å². The third-order valence-electron chi connectivity index (χ3n) is 15.5. The van der Waals surface area contributed by atoms with Crippen LogP contribution in [-0.4, -0.2) is 60.8 Å². The number of likely N-dealkylation sites (N-methyl/N-ethyl adjacent to an activating group) is 1. The first-order valence-electron chi connectivity index (χ1n) is 18.3. The molecule has 0 aromatic heterocycles. The van der Waals surface area contributed by atoms with Gasteiger partial charge in [0.15, 0.2) is 0 Å². The standard InChI is InChI=1S/C41H60N2O4/c1-26(25-42-23-24-43(7)8)29-15-20-41(36(46)47)22-21-39(5)31(34(29)41)13-14-33-38(4)18-16-30(27-9-11-28(12-10-27)35(44)45)37(2,3)32(38)17-19-40(33,39)6/h9-12,16,29,31-34,42H,1,13-15,17-25H2,2-8H3,(H,44,45)(H,46,47). The third-order valence-corrected chi connectivity index (χ3v) is 15.5. The molecule has 6 rings (SSSR count). The molecule has 3 N–H and O–H groups in total. The molecule has 258 valence electrons. The first kappa shape index (κ1) is 34.4. The molecule has 0 aliphatic heterocycles. The van der Waals surface area contributed by atoms with Gasteiger partial charge in [0.25, 0.3) is 0 Å². The maximum Gasteiger partial charge on any atom is 0.335 e. The number of aromatic carboxylic acids is 1. The first-order valence-corrected chi connectivity index (χ1v) is 18.3. The number of rotatable bonds is 9. The van der Waals surface area contributed by atoms with Crippen LogP contribution in [0.3, 0.4) is 0 Å². The van der Waals surface area contributed by atoms with E-state index in [2.05, 4.69) is 71.6 Å². The number of carboxylic acids is 2. The number of hydrogen-bond acceptors (Lipinski definition) is 4. The molecular formula is C41H60N2O4. The van der Waals surface area contributed by atoms with E-state index >= 15 is 0 Å². The van der Waals surface area contributed by atoms with Crippen LogP contribution in [0.2, 0.25) is 0 Å². The Kier molecular flexibility index (Phi) is 8.69. The summed E-state index contributed by atoms with van der Waals surface area (Å²) in [6.07, 6.45) is 11.7. The zero-order valence-electron chi connectivity index (χ0n) is 30.1. The number of fused-ring (bicyclic) bond motifs is 7. The second-order valence-corrected chi connectivity index (χ2v) is 17.9. The van der Waals surface area contributed by atoms with Crippen molar-refractivity contribution in [2.45, 2.75) is 92.4 Å². The Morgan fingerprint density at radius 3 is 2.23 bits per heavy atom. The van der Waals surface area contributed by atoms with Gasteiger partial charge in [-0.15, -0.1) is 0 Å². The number of benzene rings is 1. The van der Waals surface area contributed by atoms with Crippen molar-refractivity contribution in [3.63, 3.8) is 0 Å².